The van der Waals surface area contributed by atoms with Gasteiger partial charge < -0.3 is 9.87 Å². The van der Waals surface area contributed by atoms with Crippen LogP contribution in [0.4, 0.5) is 5.69 Å². The standard InChI is InChI=1S/C27H25Cl2N3O3S/c1-17(36(34)35)19-5-3-18(4-6-19)11-26(33)31-23-13-24(28)27(25(29)14-23)20-7-8-21(22(12-20)15-30)16-32-9-2-10-32/h3-8,12-14,17H,2,9-11,16H2,1H3,(H,31,33)(H,34,35)/p-1. The van der Waals surface area contributed by atoms with Gasteiger partial charge in [-0.2, -0.15) is 5.26 Å². The Balaban J connectivity index is 1.47. The van der Waals surface area contributed by atoms with Crippen molar-refractivity contribution in [2.75, 3.05) is 18.4 Å². The lowest BCUT2D eigenvalue weighted by Gasteiger charge is -2.31. The normalized spacial score (nSPS) is 15.0. The van der Waals surface area contributed by atoms with Crippen molar-refractivity contribution in [1.82, 2.24) is 4.90 Å². The van der Waals surface area contributed by atoms with E-state index in [0.717, 1.165) is 36.3 Å². The van der Waals surface area contributed by atoms with Crippen LogP contribution in [0, 0.1) is 11.3 Å². The summed E-state index contributed by atoms with van der Waals surface area (Å²) in [4.78, 5) is 14.9. The predicted molar refractivity (Wildman–Crippen MR) is 143 cm³/mol. The number of carbonyl (C=O) groups is 1. The number of halogens is 2. The Morgan fingerprint density at radius 2 is 1.81 bits per heavy atom. The summed E-state index contributed by atoms with van der Waals surface area (Å²) in [5, 5.41) is 12.6. The lowest BCUT2D eigenvalue weighted by atomic mass is 9.98. The highest BCUT2D eigenvalue weighted by Crippen LogP contribution is 2.38. The minimum absolute atomic E-state index is 0.107. The number of rotatable bonds is 8. The molecular formula is C27H24Cl2N3O3S-. The van der Waals surface area contributed by atoms with Gasteiger partial charge in [0.2, 0.25) is 5.91 Å². The molecule has 186 valence electrons. The van der Waals surface area contributed by atoms with E-state index in [1.54, 1.807) is 49.4 Å². The summed E-state index contributed by atoms with van der Waals surface area (Å²) in [6.07, 6.45) is 1.29. The third-order valence-corrected chi connectivity index (χ3v) is 7.74. The third kappa shape index (κ3) is 6.15. The monoisotopic (exact) mass is 540 g/mol. The van der Waals surface area contributed by atoms with E-state index in [0.29, 0.717) is 32.4 Å². The smallest absolute Gasteiger partial charge is 0.228 e. The van der Waals surface area contributed by atoms with Crippen LogP contribution in [0.5, 0.6) is 0 Å². The van der Waals surface area contributed by atoms with Gasteiger partial charge in [-0.15, -0.1) is 0 Å². The molecule has 9 heteroatoms. The second kappa shape index (κ2) is 11.5. The molecule has 1 aliphatic rings. The highest BCUT2D eigenvalue weighted by Gasteiger charge is 2.18. The molecule has 4 rings (SSSR count). The van der Waals surface area contributed by atoms with Gasteiger partial charge in [-0.1, -0.05) is 59.6 Å². The van der Waals surface area contributed by atoms with Crippen molar-refractivity contribution in [1.29, 1.82) is 5.26 Å². The molecule has 0 radical (unpaired) electrons. The third-order valence-electron chi connectivity index (χ3n) is 6.29. The molecule has 0 spiro atoms. The predicted octanol–water partition coefficient (Wildman–Crippen LogP) is 5.86. The summed E-state index contributed by atoms with van der Waals surface area (Å²) in [5.41, 5.74) is 4.77. The Kier molecular flexibility index (Phi) is 8.45. The molecular weight excluding hydrogens is 517 g/mol. The number of hydrogen-bond acceptors (Lipinski definition) is 5. The summed E-state index contributed by atoms with van der Waals surface area (Å²) >= 11 is 10.9. The van der Waals surface area contributed by atoms with Crippen LogP contribution in [0.1, 0.15) is 40.8 Å². The van der Waals surface area contributed by atoms with Crippen molar-refractivity contribution in [2.24, 2.45) is 0 Å². The molecule has 2 unspecified atom stereocenters. The molecule has 1 amide bonds. The SMILES string of the molecule is CC(c1ccc(CC(=O)Nc2cc(Cl)c(-c3ccc(CN4CCC4)c(C#N)c3)c(Cl)c2)cc1)S(=O)[O-]. The number of nitrogens with zero attached hydrogens (tertiary/aromatic N) is 2. The van der Waals surface area contributed by atoms with Gasteiger partial charge in [0.05, 0.1) is 28.1 Å². The number of anilines is 1. The van der Waals surface area contributed by atoms with Gasteiger partial charge in [0.15, 0.2) is 0 Å². The molecule has 6 nitrogen and oxygen atoms in total. The van der Waals surface area contributed by atoms with E-state index >= 15 is 0 Å². The lowest BCUT2D eigenvalue weighted by Crippen LogP contribution is -2.36. The first-order valence-electron chi connectivity index (χ1n) is 11.5. The Morgan fingerprint density at radius 1 is 1.14 bits per heavy atom. The van der Waals surface area contributed by atoms with Gasteiger partial charge in [0.25, 0.3) is 0 Å². The van der Waals surface area contributed by atoms with Crippen molar-refractivity contribution in [3.63, 3.8) is 0 Å². The van der Waals surface area contributed by atoms with Crippen molar-refractivity contribution >= 4 is 45.9 Å². The zero-order chi connectivity index (χ0) is 25.8. The van der Waals surface area contributed by atoms with Gasteiger partial charge >= 0.3 is 0 Å². The number of amides is 1. The van der Waals surface area contributed by atoms with Crippen molar-refractivity contribution in [3.05, 3.63) is 86.9 Å². The Morgan fingerprint density at radius 3 is 2.36 bits per heavy atom. The molecule has 0 aliphatic carbocycles. The maximum atomic E-state index is 12.6. The van der Waals surface area contributed by atoms with E-state index in [-0.39, 0.29) is 12.3 Å². The molecule has 0 bridgehead atoms. The zero-order valence-corrected chi connectivity index (χ0v) is 21.9. The summed E-state index contributed by atoms with van der Waals surface area (Å²) < 4.78 is 22.3. The van der Waals surface area contributed by atoms with Crippen LogP contribution in [-0.4, -0.2) is 32.7 Å². The average Bonchev–Trinajstić information content (AvgIpc) is 2.81. The average molecular weight is 541 g/mol. The minimum Gasteiger partial charge on any atom is -0.772 e. The second-order valence-electron chi connectivity index (χ2n) is 8.80. The van der Waals surface area contributed by atoms with E-state index in [9.17, 15) is 18.8 Å². The molecule has 1 saturated heterocycles. The highest BCUT2D eigenvalue weighted by atomic mass is 35.5. The number of hydrogen-bond donors (Lipinski definition) is 1. The topological polar surface area (TPSA) is 96.3 Å². The molecule has 2 atom stereocenters. The fourth-order valence-electron chi connectivity index (χ4n) is 4.08. The first-order valence-corrected chi connectivity index (χ1v) is 13.4. The summed E-state index contributed by atoms with van der Waals surface area (Å²) in [6, 6.07) is 18.1. The van der Waals surface area contributed by atoms with Gasteiger partial charge in [-0.3, -0.25) is 13.9 Å². The Hall–Kier alpha value is -2.73. The fraction of sp³-hybridized carbons (Fsp3) is 0.259. The van der Waals surface area contributed by atoms with Crippen molar-refractivity contribution in [2.45, 2.75) is 31.6 Å². The first-order chi connectivity index (χ1) is 17.2. The molecule has 3 aromatic rings. The van der Waals surface area contributed by atoms with Gasteiger partial charge in [-0.05, 0) is 78.0 Å². The van der Waals surface area contributed by atoms with Crippen LogP contribution in [0.2, 0.25) is 10.0 Å². The molecule has 1 aliphatic heterocycles. The number of carbonyl (C=O) groups excluding carboxylic acids is 1. The van der Waals surface area contributed by atoms with Crippen LogP contribution in [0.15, 0.2) is 54.6 Å². The van der Waals surface area contributed by atoms with Gasteiger partial charge in [-0.25, -0.2) is 0 Å². The summed E-state index contributed by atoms with van der Waals surface area (Å²) in [7, 11) is 0. The molecule has 0 aromatic heterocycles. The van der Waals surface area contributed by atoms with Crippen molar-refractivity contribution < 1.29 is 13.6 Å². The molecule has 1 heterocycles. The number of benzene rings is 3. The lowest BCUT2D eigenvalue weighted by molar-refractivity contribution is -0.115. The molecule has 1 fully saturated rings. The Bertz CT molecular complexity index is 1330. The van der Waals surface area contributed by atoms with Crippen LogP contribution in [0.25, 0.3) is 11.1 Å². The quantitative estimate of drug-likeness (QED) is 0.361. The van der Waals surface area contributed by atoms with Gasteiger partial charge in [0.1, 0.15) is 0 Å². The van der Waals surface area contributed by atoms with E-state index in [4.69, 9.17) is 23.2 Å². The van der Waals surface area contributed by atoms with E-state index < -0.39 is 16.3 Å². The van der Waals surface area contributed by atoms with E-state index in [1.807, 2.05) is 12.1 Å². The number of nitrogens with one attached hydrogen (secondary N) is 1. The van der Waals surface area contributed by atoms with Crippen LogP contribution < -0.4 is 5.32 Å². The van der Waals surface area contributed by atoms with Gasteiger partial charge in [0, 0.05) is 23.0 Å². The number of nitriles is 1. The maximum absolute atomic E-state index is 12.6. The number of likely N-dealkylation sites (tertiary alicyclic amines) is 1. The summed E-state index contributed by atoms with van der Waals surface area (Å²) in [6.45, 7) is 4.44. The fourth-order valence-corrected chi connectivity index (χ4v) is 5.17. The van der Waals surface area contributed by atoms with Crippen LogP contribution >= 0.6 is 23.2 Å². The van der Waals surface area contributed by atoms with E-state index in [2.05, 4.69) is 16.3 Å². The summed E-state index contributed by atoms with van der Waals surface area (Å²) in [5.74, 6) is -0.259. The first kappa shape index (κ1) is 26.3. The zero-order valence-electron chi connectivity index (χ0n) is 19.6. The second-order valence-corrected chi connectivity index (χ2v) is 10.8. The molecule has 36 heavy (non-hydrogen) atoms. The molecule has 0 saturated carbocycles. The molecule has 1 N–H and O–H groups in total. The van der Waals surface area contributed by atoms with Crippen LogP contribution in [0.3, 0.4) is 0 Å². The Labute approximate surface area is 223 Å². The largest absolute Gasteiger partial charge is 0.772 e. The molecule has 3 aromatic carbocycles. The maximum Gasteiger partial charge on any atom is 0.228 e. The van der Waals surface area contributed by atoms with Crippen LogP contribution in [-0.2, 0) is 28.8 Å². The highest BCUT2D eigenvalue weighted by molar-refractivity contribution is 7.79. The van der Waals surface area contributed by atoms with E-state index in [1.165, 1.54) is 6.42 Å². The van der Waals surface area contributed by atoms with Crippen molar-refractivity contribution in [3.8, 4) is 17.2 Å². The minimum atomic E-state index is -2.20.